The number of rotatable bonds is 13. The number of ether oxygens (including phenoxy) is 2. The van der Waals surface area contributed by atoms with Crippen LogP contribution in [-0.2, 0) is 27.2 Å². The van der Waals surface area contributed by atoms with E-state index >= 15 is 0 Å². The molecule has 0 aliphatic carbocycles. The summed E-state index contributed by atoms with van der Waals surface area (Å²) >= 11 is 0. The van der Waals surface area contributed by atoms with Crippen molar-refractivity contribution in [3.8, 4) is 11.1 Å². The van der Waals surface area contributed by atoms with Gasteiger partial charge in [-0.05, 0) is 76.3 Å². The molecule has 0 bridgehead atoms. The molecule has 2 heterocycles. The number of aryl methyl sites for hydroxylation is 2. The second-order valence-electron chi connectivity index (χ2n) is 13.1. The van der Waals surface area contributed by atoms with Crippen LogP contribution < -0.4 is 16.4 Å². The molecule has 4 N–H and O–H groups in total. The number of nitrogens with zero attached hydrogens (tertiary/aromatic N) is 2. The lowest BCUT2D eigenvalue weighted by atomic mass is 9.79. The largest absolute Gasteiger partial charge is 0.444 e. The number of carbonyl (C=O) groups excluding carboxylic acids is 3. The van der Waals surface area contributed by atoms with Gasteiger partial charge >= 0.3 is 6.09 Å². The topological polar surface area (TPSA) is 136 Å². The van der Waals surface area contributed by atoms with E-state index in [1.807, 2.05) is 49.4 Å². The highest BCUT2D eigenvalue weighted by Crippen LogP contribution is 2.34. The smallest absolute Gasteiger partial charge is 0.411 e. The zero-order chi connectivity index (χ0) is 33.3. The fourth-order valence-electron chi connectivity index (χ4n) is 5.41. The van der Waals surface area contributed by atoms with E-state index in [1.54, 1.807) is 33.0 Å². The van der Waals surface area contributed by atoms with Crippen molar-refractivity contribution in [3.63, 3.8) is 0 Å². The van der Waals surface area contributed by atoms with Gasteiger partial charge in [0.15, 0.2) is 5.69 Å². The SMILES string of the molecule is CCc1cccc(-c2cnc(C(=O)NCCC3(CCN)COC3)c(NC(=O)CN(Cc3cccc(C)c3)C(=O)OC(C)(C)C)c2)c1. The van der Waals surface area contributed by atoms with Gasteiger partial charge < -0.3 is 25.8 Å². The third-order valence-electron chi connectivity index (χ3n) is 7.92. The Morgan fingerprint density at radius 1 is 1.02 bits per heavy atom. The molecule has 46 heavy (non-hydrogen) atoms. The summed E-state index contributed by atoms with van der Waals surface area (Å²) in [4.78, 5) is 46.1. The molecule has 3 aromatic rings. The van der Waals surface area contributed by atoms with Crippen LogP contribution in [0.1, 0.15) is 67.7 Å². The number of nitrogens with two attached hydrogens (primary N) is 1. The molecule has 0 radical (unpaired) electrons. The van der Waals surface area contributed by atoms with Gasteiger partial charge in [-0.25, -0.2) is 9.78 Å². The minimum atomic E-state index is -0.747. The predicted octanol–water partition coefficient (Wildman–Crippen LogP) is 5.48. The minimum absolute atomic E-state index is 0.0247. The monoisotopic (exact) mass is 629 g/mol. The highest BCUT2D eigenvalue weighted by atomic mass is 16.6. The van der Waals surface area contributed by atoms with Crippen LogP contribution in [0, 0.1) is 12.3 Å². The number of anilines is 1. The minimum Gasteiger partial charge on any atom is -0.444 e. The first-order chi connectivity index (χ1) is 21.9. The van der Waals surface area contributed by atoms with Crippen LogP contribution >= 0.6 is 0 Å². The number of nitrogens with one attached hydrogen (secondary N) is 2. The van der Waals surface area contributed by atoms with E-state index in [0.717, 1.165) is 47.1 Å². The Labute approximate surface area is 272 Å². The maximum atomic E-state index is 13.6. The summed E-state index contributed by atoms with van der Waals surface area (Å²) in [7, 11) is 0. The number of amides is 3. The Kier molecular flexibility index (Phi) is 11.5. The van der Waals surface area contributed by atoms with Gasteiger partial charge in [-0.2, -0.15) is 0 Å². The number of benzene rings is 2. The molecular weight excluding hydrogens is 582 g/mol. The predicted molar refractivity (Wildman–Crippen MR) is 179 cm³/mol. The summed E-state index contributed by atoms with van der Waals surface area (Å²) in [5, 5.41) is 5.84. The summed E-state index contributed by atoms with van der Waals surface area (Å²) < 4.78 is 11.1. The van der Waals surface area contributed by atoms with E-state index in [2.05, 4.69) is 28.6 Å². The Morgan fingerprint density at radius 2 is 1.76 bits per heavy atom. The first-order valence-electron chi connectivity index (χ1n) is 15.9. The van der Waals surface area contributed by atoms with Gasteiger partial charge in [0.1, 0.15) is 12.1 Å². The second-order valence-corrected chi connectivity index (χ2v) is 13.1. The van der Waals surface area contributed by atoms with Gasteiger partial charge in [-0.3, -0.25) is 14.5 Å². The summed E-state index contributed by atoms with van der Waals surface area (Å²) in [6, 6.07) is 17.5. The van der Waals surface area contributed by atoms with Crippen molar-refractivity contribution in [3.05, 3.63) is 83.2 Å². The number of carbonyl (C=O) groups is 3. The van der Waals surface area contributed by atoms with E-state index in [9.17, 15) is 14.4 Å². The molecular formula is C36H47N5O5. The second kappa shape index (κ2) is 15.3. The molecule has 1 aromatic heterocycles. The van der Waals surface area contributed by atoms with Crippen molar-refractivity contribution >= 4 is 23.6 Å². The molecule has 1 aliphatic rings. The third-order valence-corrected chi connectivity index (χ3v) is 7.92. The molecule has 246 valence electrons. The summed E-state index contributed by atoms with van der Waals surface area (Å²) in [5.74, 6) is -0.890. The van der Waals surface area contributed by atoms with Crippen molar-refractivity contribution in [2.24, 2.45) is 11.1 Å². The molecule has 0 unspecified atom stereocenters. The zero-order valence-electron chi connectivity index (χ0n) is 27.7. The van der Waals surface area contributed by atoms with E-state index in [1.165, 1.54) is 4.90 Å². The van der Waals surface area contributed by atoms with Crippen molar-refractivity contribution in [2.45, 2.75) is 66.0 Å². The summed E-state index contributed by atoms with van der Waals surface area (Å²) in [5.41, 5.74) is 10.1. The molecule has 3 amide bonds. The Hall–Kier alpha value is -4.28. The van der Waals surface area contributed by atoms with Crippen molar-refractivity contribution in [1.29, 1.82) is 0 Å². The molecule has 2 aromatic carbocycles. The lowest BCUT2D eigenvalue weighted by Gasteiger charge is -2.41. The lowest BCUT2D eigenvalue weighted by Crippen LogP contribution is -2.46. The first kappa shape index (κ1) is 34.6. The van der Waals surface area contributed by atoms with E-state index < -0.39 is 23.5 Å². The normalized spacial score (nSPS) is 13.8. The van der Waals surface area contributed by atoms with Crippen LogP contribution in [0.3, 0.4) is 0 Å². The molecule has 0 atom stereocenters. The van der Waals surface area contributed by atoms with Crippen LogP contribution in [-0.4, -0.2) is 66.2 Å². The first-order valence-corrected chi connectivity index (χ1v) is 15.9. The molecule has 4 rings (SSSR count). The lowest BCUT2D eigenvalue weighted by molar-refractivity contribution is -0.119. The zero-order valence-corrected chi connectivity index (χ0v) is 27.7. The van der Waals surface area contributed by atoms with E-state index in [4.69, 9.17) is 15.2 Å². The average Bonchev–Trinajstić information content (AvgIpc) is 2.98. The van der Waals surface area contributed by atoms with Gasteiger partial charge in [0.2, 0.25) is 5.91 Å². The number of hydrogen-bond donors (Lipinski definition) is 3. The quantitative estimate of drug-likeness (QED) is 0.228. The standard InChI is InChI=1S/C36H47N5O5/c1-6-26-10-8-12-28(18-26)29-19-30(32(39-20-29)33(43)38-16-14-36(13-15-37)23-45-24-36)40-31(42)22-41(34(44)46-35(3,4)5)21-27-11-7-9-25(2)17-27/h7-12,17-20H,6,13-16,21-24,37H2,1-5H3,(H,38,43)(H,40,42). The molecule has 10 nitrogen and oxygen atoms in total. The van der Waals surface area contributed by atoms with Crippen LogP contribution in [0.2, 0.25) is 0 Å². The molecule has 0 spiro atoms. The van der Waals surface area contributed by atoms with Gasteiger partial charge in [-0.15, -0.1) is 0 Å². The van der Waals surface area contributed by atoms with Crippen LogP contribution in [0.4, 0.5) is 10.5 Å². The van der Waals surface area contributed by atoms with Crippen LogP contribution in [0.15, 0.2) is 60.8 Å². The summed E-state index contributed by atoms with van der Waals surface area (Å²) in [6.45, 7) is 11.5. The third kappa shape index (κ3) is 9.61. The molecule has 1 saturated heterocycles. The van der Waals surface area contributed by atoms with Crippen molar-refractivity contribution in [2.75, 3.05) is 38.2 Å². The summed E-state index contributed by atoms with van der Waals surface area (Å²) in [6.07, 6.45) is 3.44. The van der Waals surface area contributed by atoms with Crippen LogP contribution in [0.25, 0.3) is 11.1 Å². The average molecular weight is 630 g/mol. The maximum Gasteiger partial charge on any atom is 0.411 e. The highest BCUT2D eigenvalue weighted by Gasteiger charge is 2.37. The maximum absolute atomic E-state index is 13.6. The number of pyridine rings is 1. The van der Waals surface area contributed by atoms with Crippen molar-refractivity contribution < 1.29 is 23.9 Å². The van der Waals surface area contributed by atoms with Gasteiger partial charge in [0, 0.05) is 30.3 Å². The Morgan fingerprint density at radius 3 is 2.41 bits per heavy atom. The fraction of sp³-hybridized carbons (Fsp3) is 0.444. The highest BCUT2D eigenvalue weighted by molar-refractivity contribution is 6.03. The molecule has 10 heteroatoms. The van der Waals surface area contributed by atoms with E-state index in [-0.39, 0.29) is 29.9 Å². The number of aromatic nitrogens is 1. The number of hydrogen-bond acceptors (Lipinski definition) is 7. The van der Waals surface area contributed by atoms with Gasteiger partial charge in [-0.1, -0.05) is 61.0 Å². The van der Waals surface area contributed by atoms with Crippen molar-refractivity contribution in [1.82, 2.24) is 15.2 Å². The molecule has 1 fully saturated rings. The Bertz CT molecular complexity index is 1530. The van der Waals surface area contributed by atoms with Gasteiger partial charge in [0.05, 0.1) is 18.9 Å². The van der Waals surface area contributed by atoms with E-state index in [0.29, 0.717) is 26.3 Å². The van der Waals surface area contributed by atoms with Crippen LogP contribution in [0.5, 0.6) is 0 Å². The Balaban J connectivity index is 1.58. The van der Waals surface area contributed by atoms with Gasteiger partial charge in [0.25, 0.3) is 5.91 Å². The molecule has 0 saturated carbocycles. The fourth-order valence-corrected chi connectivity index (χ4v) is 5.41. The molecule has 1 aliphatic heterocycles.